The molecule has 238 valence electrons. The highest BCUT2D eigenvalue weighted by Gasteiger charge is 2.36. The first-order chi connectivity index (χ1) is 23.6. The monoisotopic (exact) mass is 668 g/mol. The predicted molar refractivity (Wildman–Crippen MR) is 211 cm³/mol. The Morgan fingerprint density at radius 2 is 0.959 bits per heavy atom. The van der Waals surface area contributed by atoms with Gasteiger partial charge in [-0.1, -0.05) is 107 Å². The second-order valence-corrected chi connectivity index (χ2v) is 16.8. The highest BCUT2D eigenvalue weighted by atomic mass is 32.1. The fourth-order valence-electron chi connectivity index (χ4n) is 7.29. The standard InChI is InChI=1S/C45H36N2S2/c1-44(2,3)33-18-20-35-34-19-17-29(25-36(34)45(4,5)37(35)26-33)27-11-10-12-28(21-27)30-22-31(42-46-38-13-6-8-15-40(38)48-42)24-32(23-30)43-47-39-14-7-9-16-41(39)49-43/h6-26H,1-5H3. The largest absolute Gasteiger partial charge is 0.236 e. The predicted octanol–water partition coefficient (Wildman–Crippen LogP) is 13.2. The Morgan fingerprint density at radius 3 is 1.55 bits per heavy atom. The Hall–Kier alpha value is -4.90. The number of para-hydroxylation sites is 2. The number of fused-ring (bicyclic) bond motifs is 5. The van der Waals surface area contributed by atoms with E-state index in [0.717, 1.165) is 37.7 Å². The summed E-state index contributed by atoms with van der Waals surface area (Å²) in [6.07, 6.45) is 0. The second kappa shape index (κ2) is 11.1. The highest BCUT2D eigenvalue weighted by Crippen LogP contribution is 2.51. The number of thiazole rings is 2. The molecular weight excluding hydrogens is 633 g/mol. The molecule has 0 saturated heterocycles. The van der Waals surface area contributed by atoms with Gasteiger partial charge in [0.2, 0.25) is 0 Å². The van der Waals surface area contributed by atoms with Gasteiger partial charge in [-0.2, -0.15) is 0 Å². The summed E-state index contributed by atoms with van der Waals surface area (Å²) in [6, 6.07) is 46.8. The van der Waals surface area contributed by atoms with Crippen LogP contribution in [0, 0.1) is 0 Å². The molecule has 2 heterocycles. The van der Waals surface area contributed by atoms with Gasteiger partial charge >= 0.3 is 0 Å². The van der Waals surface area contributed by atoms with Crippen LogP contribution in [0.2, 0.25) is 0 Å². The van der Waals surface area contributed by atoms with Crippen molar-refractivity contribution in [1.82, 2.24) is 9.97 Å². The van der Waals surface area contributed by atoms with Gasteiger partial charge < -0.3 is 0 Å². The van der Waals surface area contributed by atoms with Crippen molar-refractivity contribution in [3.05, 3.63) is 144 Å². The quantitative estimate of drug-likeness (QED) is 0.186. The molecule has 0 fully saturated rings. The van der Waals surface area contributed by atoms with Crippen molar-refractivity contribution in [2.75, 3.05) is 0 Å². The molecule has 0 unspecified atom stereocenters. The van der Waals surface area contributed by atoms with E-state index in [1.165, 1.54) is 53.9 Å². The maximum atomic E-state index is 5.04. The molecule has 6 aromatic carbocycles. The first-order valence-corrected chi connectivity index (χ1v) is 18.5. The lowest BCUT2D eigenvalue weighted by atomic mass is 9.78. The summed E-state index contributed by atoms with van der Waals surface area (Å²) in [5, 5.41) is 2.05. The third kappa shape index (κ3) is 5.13. The molecule has 49 heavy (non-hydrogen) atoms. The molecule has 0 atom stereocenters. The van der Waals surface area contributed by atoms with Gasteiger partial charge in [0.05, 0.1) is 20.4 Å². The molecule has 2 aromatic heterocycles. The molecule has 9 rings (SSSR count). The third-order valence-electron chi connectivity index (χ3n) is 10.1. The minimum atomic E-state index is -0.0721. The molecule has 0 N–H and O–H groups in total. The van der Waals surface area contributed by atoms with Crippen LogP contribution in [0.15, 0.2) is 127 Å². The van der Waals surface area contributed by atoms with Crippen molar-refractivity contribution in [2.45, 2.75) is 45.4 Å². The summed E-state index contributed by atoms with van der Waals surface area (Å²) >= 11 is 3.49. The smallest absolute Gasteiger partial charge is 0.124 e. The van der Waals surface area contributed by atoms with Gasteiger partial charge in [0.15, 0.2) is 0 Å². The molecule has 2 nitrogen and oxygen atoms in total. The fourth-order valence-corrected chi connectivity index (χ4v) is 9.20. The second-order valence-electron chi connectivity index (χ2n) is 14.7. The zero-order valence-corrected chi connectivity index (χ0v) is 30.0. The minimum Gasteiger partial charge on any atom is -0.236 e. The van der Waals surface area contributed by atoms with Crippen molar-refractivity contribution >= 4 is 43.1 Å². The van der Waals surface area contributed by atoms with Crippen molar-refractivity contribution in [3.63, 3.8) is 0 Å². The molecule has 8 aromatic rings. The van der Waals surface area contributed by atoms with Gasteiger partial charge in [-0.05, 0) is 110 Å². The number of hydrogen-bond acceptors (Lipinski definition) is 4. The van der Waals surface area contributed by atoms with Crippen LogP contribution in [0.5, 0.6) is 0 Å². The molecule has 0 aliphatic heterocycles. The van der Waals surface area contributed by atoms with E-state index in [9.17, 15) is 0 Å². The summed E-state index contributed by atoms with van der Waals surface area (Å²) in [7, 11) is 0. The van der Waals surface area contributed by atoms with E-state index in [2.05, 4.69) is 162 Å². The van der Waals surface area contributed by atoms with Gasteiger partial charge in [0, 0.05) is 16.5 Å². The lowest BCUT2D eigenvalue weighted by Gasteiger charge is -2.25. The first kappa shape index (κ1) is 30.2. The fraction of sp³-hybridized carbons (Fsp3) is 0.156. The zero-order valence-electron chi connectivity index (χ0n) is 28.3. The molecule has 4 heteroatoms. The maximum Gasteiger partial charge on any atom is 0.124 e. The van der Waals surface area contributed by atoms with Gasteiger partial charge in [0.1, 0.15) is 10.0 Å². The summed E-state index contributed by atoms with van der Waals surface area (Å²) in [4.78, 5) is 10.1. The highest BCUT2D eigenvalue weighted by molar-refractivity contribution is 7.22. The van der Waals surface area contributed by atoms with E-state index >= 15 is 0 Å². The Labute approximate surface area is 295 Å². The Bertz CT molecular complexity index is 2420. The summed E-state index contributed by atoms with van der Waals surface area (Å²) < 4.78 is 2.39. The molecule has 1 aliphatic rings. The average Bonchev–Trinajstić information content (AvgIpc) is 3.81. The minimum absolute atomic E-state index is 0.0721. The number of benzene rings is 6. The van der Waals surface area contributed by atoms with Crippen LogP contribution >= 0.6 is 22.7 Å². The van der Waals surface area contributed by atoms with Crippen molar-refractivity contribution < 1.29 is 0 Å². The van der Waals surface area contributed by atoms with Crippen LogP contribution < -0.4 is 0 Å². The van der Waals surface area contributed by atoms with Gasteiger partial charge in [0.25, 0.3) is 0 Å². The topological polar surface area (TPSA) is 25.8 Å². The molecular formula is C45H36N2S2. The van der Waals surface area contributed by atoms with Gasteiger partial charge in [-0.25, -0.2) is 9.97 Å². The molecule has 1 aliphatic carbocycles. The summed E-state index contributed by atoms with van der Waals surface area (Å²) in [6.45, 7) is 11.6. The zero-order chi connectivity index (χ0) is 33.5. The van der Waals surface area contributed by atoms with Gasteiger partial charge in [-0.3, -0.25) is 0 Å². The van der Waals surface area contributed by atoms with Crippen LogP contribution in [0.4, 0.5) is 0 Å². The lowest BCUT2D eigenvalue weighted by molar-refractivity contribution is 0.584. The first-order valence-electron chi connectivity index (χ1n) is 16.9. The van der Waals surface area contributed by atoms with E-state index in [0.29, 0.717) is 0 Å². The normalized spacial score (nSPS) is 13.6. The molecule has 0 spiro atoms. The molecule has 0 saturated carbocycles. The van der Waals surface area contributed by atoms with E-state index < -0.39 is 0 Å². The number of hydrogen-bond donors (Lipinski definition) is 0. The number of rotatable bonds is 4. The third-order valence-corrected chi connectivity index (χ3v) is 12.3. The maximum absolute atomic E-state index is 5.04. The van der Waals surface area contributed by atoms with Crippen LogP contribution in [0.1, 0.15) is 51.3 Å². The number of nitrogens with zero attached hydrogens (tertiary/aromatic N) is 2. The van der Waals surface area contributed by atoms with Crippen molar-refractivity contribution in [3.8, 4) is 54.5 Å². The van der Waals surface area contributed by atoms with Crippen LogP contribution in [-0.4, -0.2) is 9.97 Å². The van der Waals surface area contributed by atoms with E-state index in [4.69, 9.17) is 9.97 Å². The Morgan fingerprint density at radius 1 is 0.469 bits per heavy atom. The van der Waals surface area contributed by atoms with E-state index in [1.54, 1.807) is 22.7 Å². The molecule has 0 radical (unpaired) electrons. The molecule has 0 bridgehead atoms. The van der Waals surface area contributed by atoms with Crippen LogP contribution in [-0.2, 0) is 10.8 Å². The Balaban J connectivity index is 1.15. The summed E-state index contributed by atoms with van der Waals surface area (Å²) in [5.74, 6) is 0. The molecule has 0 amide bonds. The van der Waals surface area contributed by atoms with E-state index in [1.807, 2.05) is 0 Å². The average molecular weight is 669 g/mol. The Kier molecular flexibility index (Phi) is 6.81. The van der Waals surface area contributed by atoms with Crippen molar-refractivity contribution in [1.29, 1.82) is 0 Å². The van der Waals surface area contributed by atoms with Crippen LogP contribution in [0.3, 0.4) is 0 Å². The van der Waals surface area contributed by atoms with E-state index in [-0.39, 0.29) is 10.8 Å². The number of aromatic nitrogens is 2. The van der Waals surface area contributed by atoms with Gasteiger partial charge in [-0.15, -0.1) is 22.7 Å². The van der Waals surface area contributed by atoms with Crippen molar-refractivity contribution in [2.24, 2.45) is 0 Å². The SMILES string of the molecule is CC(C)(C)c1ccc2c(c1)C(C)(C)c1cc(-c3cccc(-c4cc(-c5nc6ccccc6s5)cc(-c5nc6ccccc6s5)c4)c3)ccc1-2. The lowest BCUT2D eigenvalue weighted by Crippen LogP contribution is -2.17. The summed E-state index contributed by atoms with van der Waals surface area (Å²) in [5.41, 5.74) is 16.1. The van der Waals surface area contributed by atoms with Crippen LogP contribution in [0.25, 0.3) is 75.0 Å².